The average Bonchev–Trinajstić information content (AvgIpc) is 3.08. The third-order valence-corrected chi connectivity index (χ3v) is 8.74. The summed E-state index contributed by atoms with van der Waals surface area (Å²) in [7, 11) is 0. The van der Waals surface area contributed by atoms with Crippen LogP contribution < -0.4 is 4.90 Å². The predicted octanol–water partition coefficient (Wildman–Crippen LogP) is 6.28. The molecule has 2 aliphatic heterocycles. The van der Waals surface area contributed by atoms with Crippen molar-refractivity contribution in [1.82, 2.24) is 9.47 Å². The largest absolute Gasteiger partial charge is 0.478 e. The summed E-state index contributed by atoms with van der Waals surface area (Å²) in [4.78, 5) is 29.6. The molecule has 1 amide bonds. The number of carbonyl (C=O) groups excluding carboxylic acids is 1. The smallest absolute Gasteiger partial charge is 0.335 e. The highest BCUT2D eigenvalue weighted by Gasteiger charge is 2.31. The van der Waals surface area contributed by atoms with Crippen molar-refractivity contribution in [3.8, 4) is 11.3 Å². The zero-order valence-electron chi connectivity index (χ0n) is 21.6. The molecule has 6 rings (SSSR count). The molecule has 2 aromatic carbocycles. The Labute approximate surface area is 218 Å². The lowest BCUT2D eigenvalue weighted by molar-refractivity contribution is -0.129. The molecule has 3 aromatic rings. The van der Waals surface area contributed by atoms with Crippen molar-refractivity contribution in [2.75, 3.05) is 31.1 Å². The Hall–Kier alpha value is -3.28. The molecule has 1 aromatic heterocycles. The molecule has 0 radical (unpaired) electrons. The Balaban J connectivity index is 1.46. The molecule has 0 spiro atoms. The van der Waals surface area contributed by atoms with E-state index in [1.165, 1.54) is 61.6 Å². The summed E-state index contributed by atoms with van der Waals surface area (Å²) >= 11 is 0. The number of aromatic carboxylic acids is 1. The van der Waals surface area contributed by atoms with Crippen LogP contribution in [0.4, 0.5) is 5.69 Å². The topological polar surface area (TPSA) is 65.8 Å². The van der Waals surface area contributed by atoms with Crippen molar-refractivity contribution < 1.29 is 14.7 Å². The Morgan fingerprint density at radius 3 is 2.32 bits per heavy atom. The van der Waals surface area contributed by atoms with Gasteiger partial charge >= 0.3 is 5.97 Å². The molecular weight excluding hydrogens is 462 g/mol. The fourth-order valence-corrected chi connectivity index (χ4v) is 6.87. The van der Waals surface area contributed by atoms with Gasteiger partial charge in [0.2, 0.25) is 5.91 Å². The van der Waals surface area contributed by atoms with Gasteiger partial charge in [0.1, 0.15) is 0 Å². The molecule has 194 valence electrons. The van der Waals surface area contributed by atoms with E-state index in [1.807, 2.05) is 12.1 Å². The molecule has 0 unspecified atom stereocenters. The minimum atomic E-state index is -0.893. The van der Waals surface area contributed by atoms with Gasteiger partial charge in [0.05, 0.1) is 17.8 Å². The number of benzene rings is 2. The molecule has 1 N–H and O–H groups in total. The molecule has 0 bridgehead atoms. The van der Waals surface area contributed by atoms with E-state index < -0.39 is 5.97 Å². The van der Waals surface area contributed by atoms with Gasteiger partial charge in [-0.1, -0.05) is 56.4 Å². The lowest BCUT2D eigenvalue weighted by Crippen LogP contribution is -2.41. The number of aromatic nitrogens is 1. The first kappa shape index (κ1) is 24.1. The van der Waals surface area contributed by atoms with Crippen LogP contribution in [0.3, 0.4) is 0 Å². The van der Waals surface area contributed by atoms with Crippen LogP contribution in [0, 0.1) is 0 Å². The van der Waals surface area contributed by atoms with E-state index in [1.54, 1.807) is 6.07 Å². The van der Waals surface area contributed by atoms with Gasteiger partial charge in [-0.25, -0.2) is 4.79 Å². The molecular formula is C31H37N3O3. The highest BCUT2D eigenvalue weighted by Crippen LogP contribution is 2.47. The normalized spacial score (nSPS) is 18.7. The lowest BCUT2D eigenvalue weighted by Gasteiger charge is -2.28. The van der Waals surface area contributed by atoms with Crippen LogP contribution in [0.2, 0.25) is 0 Å². The Morgan fingerprint density at radius 2 is 1.57 bits per heavy atom. The summed E-state index contributed by atoms with van der Waals surface area (Å²) in [6, 6.07) is 14.2. The number of rotatable bonds is 4. The van der Waals surface area contributed by atoms with Gasteiger partial charge in [0.15, 0.2) is 0 Å². The zero-order chi connectivity index (χ0) is 25.4. The van der Waals surface area contributed by atoms with Crippen LogP contribution in [-0.4, -0.2) is 52.6 Å². The van der Waals surface area contributed by atoms with Gasteiger partial charge in [0.25, 0.3) is 0 Å². The molecule has 1 aliphatic carbocycles. The number of anilines is 1. The summed E-state index contributed by atoms with van der Waals surface area (Å²) in [5.74, 6) is -0.203. The average molecular weight is 500 g/mol. The number of hydrogen-bond donors (Lipinski definition) is 1. The van der Waals surface area contributed by atoms with Crippen LogP contribution >= 0.6 is 0 Å². The van der Waals surface area contributed by atoms with Crippen molar-refractivity contribution in [3.05, 3.63) is 53.6 Å². The van der Waals surface area contributed by atoms with E-state index in [0.29, 0.717) is 18.0 Å². The van der Waals surface area contributed by atoms with Crippen molar-refractivity contribution in [3.63, 3.8) is 0 Å². The number of fused-ring (bicyclic) bond motifs is 5. The summed E-state index contributed by atoms with van der Waals surface area (Å²) < 4.78 is 2.35. The quantitative estimate of drug-likeness (QED) is 0.459. The van der Waals surface area contributed by atoms with Gasteiger partial charge < -0.3 is 19.5 Å². The van der Waals surface area contributed by atoms with Gasteiger partial charge in [-0.05, 0) is 55.4 Å². The maximum atomic E-state index is 13.4. The first-order valence-corrected chi connectivity index (χ1v) is 14.1. The van der Waals surface area contributed by atoms with Crippen LogP contribution in [-0.2, 0) is 11.3 Å². The number of amides is 1. The minimum absolute atomic E-state index is 0.216. The second kappa shape index (κ2) is 10.2. The number of nitrogens with zero attached hydrogens (tertiary/aromatic N) is 3. The van der Waals surface area contributed by atoms with E-state index in [-0.39, 0.29) is 5.91 Å². The second-order valence-corrected chi connectivity index (χ2v) is 11.0. The first-order valence-electron chi connectivity index (χ1n) is 14.1. The van der Waals surface area contributed by atoms with Gasteiger partial charge in [-0.2, -0.15) is 0 Å². The third-order valence-electron chi connectivity index (χ3n) is 8.74. The summed E-state index contributed by atoms with van der Waals surface area (Å²) in [5, 5.41) is 10.9. The van der Waals surface area contributed by atoms with Crippen molar-refractivity contribution in [2.24, 2.45) is 0 Å². The Bertz CT molecular complexity index is 1310. The Kier molecular flexibility index (Phi) is 6.66. The van der Waals surface area contributed by atoms with E-state index in [2.05, 4.69) is 38.6 Å². The number of carboxylic acid groups (broad SMARTS) is 1. The van der Waals surface area contributed by atoms with Gasteiger partial charge in [-0.15, -0.1) is 0 Å². The molecule has 1 saturated carbocycles. The number of carboxylic acids is 1. The van der Waals surface area contributed by atoms with Gasteiger partial charge in [0, 0.05) is 48.3 Å². The van der Waals surface area contributed by atoms with Crippen molar-refractivity contribution in [2.45, 2.75) is 70.3 Å². The number of hydrogen-bond acceptors (Lipinski definition) is 3. The molecule has 6 nitrogen and oxygen atoms in total. The van der Waals surface area contributed by atoms with Crippen LogP contribution in [0.25, 0.3) is 22.2 Å². The lowest BCUT2D eigenvalue weighted by atomic mass is 9.81. The summed E-state index contributed by atoms with van der Waals surface area (Å²) in [5.41, 5.74) is 6.21. The minimum Gasteiger partial charge on any atom is -0.478 e. The summed E-state index contributed by atoms with van der Waals surface area (Å²) in [6.07, 6.45) is 10.7. The molecule has 1 saturated heterocycles. The van der Waals surface area contributed by atoms with E-state index >= 15 is 0 Å². The number of para-hydroxylation sites is 1. The highest BCUT2D eigenvalue weighted by atomic mass is 16.4. The van der Waals surface area contributed by atoms with Crippen molar-refractivity contribution in [1.29, 1.82) is 0 Å². The number of carbonyl (C=O) groups is 2. The predicted molar refractivity (Wildman–Crippen MR) is 147 cm³/mol. The molecule has 6 heteroatoms. The molecule has 0 atom stereocenters. The van der Waals surface area contributed by atoms with Crippen LogP contribution in [0.1, 0.15) is 79.6 Å². The molecule has 3 aliphatic rings. The fourth-order valence-electron chi connectivity index (χ4n) is 6.87. The summed E-state index contributed by atoms with van der Waals surface area (Å²) in [6.45, 7) is 3.56. The maximum Gasteiger partial charge on any atom is 0.335 e. The standard InChI is InChI=1S/C31H37N3O3/c35-28(32-16-8-1-2-9-17-32)21-33-18-19-34-27-20-23(31(36)37)14-15-24(27)29(22-10-4-3-5-11-22)30(34)25-12-6-7-13-26(25)33/h6-7,12-15,20,22H,1-5,8-11,16-19,21H2,(H,36,37). The SMILES string of the molecule is O=C(O)c1ccc2c(C3CCCCC3)c3n(c2c1)CCN(CC(=O)N1CCCCCC1)c1ccccc1-3. The van der Waals surface area contributed by atoms with E-state index in [0.717, 1.165) is 55.8 Å². The van der Waals surface area contributed by atoms with Crippen molar-refractivity contribution >= 4 is 28.5 Å². The number of likely N-dealkylation sites (tertiary alicyclic amines) is 1. The monoisotopic (exact) mass is 499 g/mol. The highest BCUT2D eigenvalue weighted by molar-refractivity contribution is 6.00. The zero-order valence-corrected chi connectivity index (χ0v) is 21.6. The maximum absolute atomic E-state index is 13.4. The van der Waals surface area contributed by atoms with Crippen LogP contribution in [0.5, 0.6) is 0 Å². The molecule has 2 fully saturated rings. The fraction of sp³-hybridized carbons (Fsp3) is 0.484. The van der Waals surface area contributed by atoms with Gasteiger partial charge in [-0.3, -0.25) is 4.79 Å². The second-order valence-electron chi connectivity index (χ2n) is 11.0. The molecule has 3 heterocycles. The van der Waals surface area contributed by atoms with Crippen LogP contribution in [0.15, 0.2) is 42.5 Å². The van der Waals surface area contributed by atoms with E-state index in [4.69, 9.17) is 0 Å². The van der Waals surface area contributed by atoms with E-state index in [9.17, 15) is 14.7 Å². The Morgan fingerprint density at radius 1 is 0.838 bits per heavy atom. The first-order chi connectivity index (χ1) is 18.1. The molecule has 37 heavy (non-hydrogen) atoms. The third kappa shape index (κ3) is 4.51.